The molecule has 0 atom stereocenters. The Morgan fingerprint density at radius 2 is 1.72 bits per heavy atom. The van der Waals surface area contributed by atoms with Gasteiger partial charge in [0, 0.05) is 31.2 Å². The number of rotatable bonds is 3. The second-order valence-corrected chi connectivity index (χ2v) is 9.20. The van der Waals surface area contributed by atoms with E-state index in [1.165, 1.54) is 0 Å². The first-order valence-electron chi connectivity index (χ1n) is 7.90. The summed E-state index contributed by atoms with van der Waals surface area (Å²) in [6, 6.07) is 14.2. The van der Waals surface area contributed by atoms with Gasteiger partial charge in [0.1, 0.15) is 0 Å². The summed E-state index contributed by atoms with van der Waals surface area (Å²) in [7, 11) is -3.43. The van der Waals surface area contributed by atoms with Crippen LogP contribution in [0.15, 0.2) is 53.4 Å². The molecular formula is C17H16ClN3O2S2. The SMILES string of the molecule is O=S(=O)(c1ccccc1)N1CCN(c2nc3ccc(Cl)cc3s2)CC1. The van der Waals surface area contributed by atoms with Crippen LogP contribution in [0.1, 0.15) is 0 Å². The Hall–Kier alpha value is -1.67. The summed E-state index contributed by atoms with van der Waals surface area (Å²) in [5.74, 6) is 0. The largest absolute Gasteiger partial charge is 0.345 e. The van der Waals surface area contributed by atoms with Crippen LogP contribution < -0.4 is 4.90 Å². The molecule has 2 heterocycles. The van der Waals surface area contributed by atoms with Gasteiger partial charge in [-0.15, -0.1) is 0 Å². The summed E-state index contributed by atoms with van der Waals surface area (Å²) in [5.41, 5.74) is 0.920. The Bertz CT molecular complexity index is 997. The monoisotopic (exact) mass is 393 g/mol. The maximum Gasteiger partial charge on any atom is 0.243 e. The maximum absolute atomic E-state index is 12.7. The first-order chi connectivity index (χ1) is 12.0. The number of nitrogens with zero attached hydrogens (tertiary/aromatic N) is 3. The van der Waals surface area contributed by atoms with Crippen molar-refractivity contribution in [2.45, 2.75) is 4.90 Å². The molecule has 3 aromatic rings. The van der Waals surface area contributed by atoms with Gasteiger partial charge in [-0.25, -0.2) is 13.4 Å². The summed E-state index contributed by atoms with van der Waals surface area (Å²) in [6.07, 6.45) is 0. The van der Waals surface area contributed by atoms with E-state index < -0.39 is 10.0 Å². The lowest BCUT2D eigenvalue weighted by Crippen LogP contribution is -2.48. The van der Waals surface area contributed by atoms with E-state index in [1.807, 2.05) is 24.3 Å². The molecule has 4 rings (SSSR count). The summed E-state index contributed by atoms with van der Waals surface area (Å²) in [5, 5.41) is 1.61. The fourth-order valence-corrected chi connectivity index (χ4v) is 5.62. The van der Waals surface area contributed by atoms with Gasteiger partial charge >= 0.3 is 0 Å². The minimum atomic E-state index is -3.43. The lowest BCUT2D eigenvalue weighted by Gasteiger charge is -2.33. The molecule has 1 aliphatic rings. The standard InChI is InChI=1S/C17H16ClN3O2S2/c18-13-6-7-15-16(12-13)24-17(19-15)20-8-10-21(11-9-20)25(22,23)14-4-2-1-3-5-14/h1-7,12H,8-11H2. The third-order valence-corrected chi connectivity index (χ3v) is 7.46. The van der Waals surface area contributed by atoms with E-state index in [9.17, 15) is 8.42 Å². The Morgan fingerprint density at radius 3 is 2.44 bits per heavy atom. The van der Waals surface area contributed by atoms with Crippen molar-refractivity contribution in [1.82, 2.24) is 9.29 Å². The number of thiazole rings is 1. The van der Waals surface area contributed by atoms with E-state index in [0.717, 1.165) is 15.3 Å². The van der Waals surface area contributed by atoms with Crippen molar-refractivity contribution < 1.29 is 8.42 Å². The molecule has 0 aliphatic carbocycles. The number of sulfonamides is 1. The van der Waals surface area contributed by atoms with Crippen LogP contribution >= 0.6 is 22.9 Å². The molecule has 25 heavy (non-hydrogen) atoms. The van der Waals surface area contributed by atoms with Crippen molar-refractivity contribution in [1.29, 1.82) is 0 Å². The molecule has 0 unspecified atom stereocenters. The van der Waals surface area contributed by atoms with Crippen LogP contribution in [0.3, 0.4) is 0 Å². The first kappa shape index (κ1) is 16.8. The number of aromatic nitrogens is 1. The van der Waals surface area contributed by atoms with E-state index in [-0.39, 0.29) is 0 Å². The molecule has 0 saturated carbocycles. The minimum Gasteiger partial charge on any atom is -0.345 e. The molecule has 2 aromatic carbocycles. The third kappa shape index (κ3) is 3.25. The van der Waals surface area contributed by atoms with E-state index in [4.69, 9.17) is 11.6 Å². The molecule has 1 fully saturated rings. The third-order valence-electron chi connectivity index (χ3n) is 4.23. The van der Waals surface area contributed by atoms with Gasteiger partial charge < -0.3 is 4.90 Å². The summed E-state index contributed by atoms with van der Waals surface area (Å²) >= 11 is 7.62. The quantitative estimate of drug-likeness (QED) is 0.683. The van der Waals surface area contributed by atoms with Crippen molar-refractivity contribution in [2.24, 2.45) is 0 Å². The average Bonchev–Trinajstić information content (AvgIpc) is 3.06. The maximum atomic E-state index is 12.7. The number of hydrogen-bond acceptors (Lipinski definition) is 5. The van der Waals surface area contributed by atoms with E-state index >= 15 is 0 Å². The highest BCUT2D eigenvalue weighted by molar-refractivity contribution is 7.89. The molecule has 5 nitrogen and oxygen atoms in total. The van der Waals surface area contributed by atoms with Gasteiger partial charge in [0.05, 0.1) is 15.1 Å². The van der Waals surface area contributed by atoms with E-state index in [2.05, 4.69) is 9.88 Å². The van der Waals surface area contributed by atoms with Crippen molar-refractivity contribution >= 4 is 48.3 Å². The lowest BCUT2D eigenvalue weighted by atomic mass is 10.3. The van der Waals surface area contributed by atoms with Gasteiger partial charge in [0.2, 0.25) is 10.0 Å². The number of fused-ring (bicyclic) bond motifs is 1. The van der Waals surface area contributed by atoms with Crippen LogP contribution in [-0.4, -0.2) is 43.9 Å². The Labute approximate surface area is 155 Å². The first-order valence-corrected chi connectivity index (χ1v) is 10.5. The topological polar surface area (TPSA) is 53.5 Å². The second kappa shape index (κ2) is 6.57. The normalized spacial score (nSPS) is 16.4. The summed E-state index contributed by atoms with van der Waals surface area (Å²) < 4.78 is 28.0. The smallest absolute Gasteiger partial charge is 0.243 e. The van der Waals surface area contributed by atoms with Crippen LogP contribution in [-0.2, 0) is 10.0 Å². The highest BCUT2D eigenvalue weighted by Gasteiger charge is 2.29. The van der Waals surface area contributed by atoms with Gasteiger partial charge in [-0.05, 0) is 30.3 Å². The zero-order valence-electron chi connectivity index (χ0n) is 13.3. The van der Waals surface area contributed by atoms with Crippen LogP contribution in [0.2, 0.25) is 5.02 Å². The van der Waals surface area contributed by atoms with Gasteiger partial charge in [0.25, 0.3) is 0 Å². The molecule has 1 aromatic heterocycles. The van der Waals surface area contributed by atoms with Crippen molar-refractivity contribution in [3.05, 3.63) is 53.6 Å². The minimum absolute atomic E-state index is 0.345. The lowest BCUT2D eigenvalue weighted by molar-refractivity contribution is 0.385. The van der Waals surface area contributed by atoms with Crippen molar-refractivity contribution in [3.8, 4) is 0 Å². The highest BCUT2D eigenvalue weighted by atomic mass is 35.5. The predicted octanol–water partition coefficient (Wildman–Crippen LogP) is 3.46. The zero-order chi connectivity index (χ0) is 17.4. The van der Waals surface area contributed by atoms with E-state index in [1.54, 1.807) is 39.9 Å². The Kier molecular flexibility index (Phi) is 4.41. The van der Waals surface area contributed by atoms with Gasteiger partial charge in [-0.3, -0.25) is 0 Å². The fourth-order valence-electron chi connectivity index (χ4n) is 2.88. The molecule has 0 amide bonds. The number of halogens is 1. The summed E-state index contributed by atoms with van der Waals surface area (Å²) in [6.45, 7) is 2.15. The molecule has 0 bridgehead atoms. The molecule has 1 aliphatic heterocycles. The van der Waals surface area contributed by atoms with Crippen LogP contribution in [0, 0.1) is 0 Å². The van der Waals surface area contributed by atoms with Crippen LogP contribution in [0.25, 0.3) is 10.2 Å². The zero-order valence-corrected chi connectivity index (χ0v) is 15.7. The van der Waals surface area contributed by atoms with E-state index in [0.29, 0.717) is 36.1 Å². The fraction of sp³-hybridized carbons (Fsp3) is 0.235. The molecule has 8 heteroatoms. The summed E-state index contributed by atoms with van der Waals surface area (Å²) in [4.78, 5) is 7.12. The predicted molar refractivity (Wildman–Crippen MR) is 102 cm³/mol. The van der Waals surface area contributed by atoms with Gasteiger partial charge in [0.15, 0.2) is 5.13 Å². The molecule has 130 valence electrons. The molecule has 0 N–H and O–H groups in total. The number of hydrogen-bond donors (Lipinski definition) is 0. The van der Waals surface area contributed by atoms with Gasteiger partial charge in [-0.1, -0.05) is 41.1 Å². The van der Waals surface area contributed by atoms with Crippen molar-refractivity contribution in [3.63, 3.8) is 0 Å². The Balaban J connectivity index is 1.51. The average molecular weight is 394 g/mol. The highest BCUT2D eigenvalue weighted by Crippen LogP contribution is 2.31. The second-order valence-electron chi connectivity index (χ2n) is 5.81. The van der Waals surface area contributed by atoms with Crippen molar-refractivity contribution in [2.75, 3.05) is 31.1 Å². The number of piperazine rings is 1. The number of benzene rings is 2. The molecule has 0 radical (unpaired) electrons. The molecule has 0 spiro atoms. The van der Waals surface area contributed by atoms with Crippen LogP contribution in [0.5, 0.6) is 0 Å². The molecule has 1 saturated heterocycles. The number of anilines is 1. The van der Waals surface area contributed by atoms with Crippen LogP contribution in [0.4, 0.5) is 5.13 Å². The molecular weight excluding hydrogens is 378 g/mol. The van der Waals surface area contributed by atoms with Gasteiger partial charge in [-0.2, -0.15) is 4.31 Å². The Morgan fingerprint density at radius 1 is 1.00 bits per heavy atom.